The maximum absolute atomic E-state index is 11.1. The lowest BCUT2D eigenvalue weighted by atomic mass is 9.98. The van der Waals surface area contributed by atoms with Gasteiger partial charge in [0.2, 0.25) is 6.79 Å². The Labute approximate surface area is 210 Å². The fourth-order valence-electron chi connectivity index (χ4n) is 4.93. The zero-order valence-corrected chi connectivity index (χ0v) is 20.4. The summed E-state index contributed by atoms with van der Waals surface area (Å²) >= 11 is 0. The summed E-state index contributed by atoms with van der Waals surface area (Å²) in [5, 5.41) is 12.7. The van der Waals surface area contributed by atoms with Gasteiger partial charge >= 0.3 is 5.97 Å². The van der Waals surface area contributed by atoms with E-state index in [4.69, 9.17) is 24.3 Å². The average molecular weight is 490 g/mol. The molecule has 188 valence electrons. The van der Waals surface area contributed by atoms with Gasteiger partial charge in [-0.25, -0.2) is 9.97 Å². The number of benzene rings is 2. The first kappa shape index (κ1) is 24.1. The largest absolute Gasteiger partial charge is 0.494 e. The van der Waals surface area contributed by atoms with Gasteiger partial charge in [0.05, 0.1) is 18.7 Å². The van der Waals surface area contributed by atoms with E-state index in [1.165, 1.54) is 5.56 Å². The van der Waals surface area contributed by atoms with Crippen molar-refractivity contribution in [3.05, 3.63) is 65.5 Å². The van der Waals surface area contributed by atoms with Gasteiger partial charge in [-0.2, -0.15) is 0 Å². The van der Waals surface area contributed by atoms with E-state index in [0.717, 1.165) is 66.3 Å². The summed E-state index contributed by atoms with van der Waals surface area (Å²) in [6.45, 7) is 3.78. The summed E-state index contributed by atoms with van der Waals surface area (Å²) in [4.78, 5) is 20.3. The molecule has 36 heavy (non-hydrogen) atoms. The Morgan fingerprint density at radius 2 is 2.08 bits per heavy atom. The zero-order chi connectivity index (χ0) is 24.9. The van der Waals surface area contributed by atoms with Gasteiger partial charge in [-0.1, -0.05) is 13.0 Å². The molecule has 0 saturated carbocycles. The highest BCUT2D eigenvalue weighted by Crippen LogP contribution is 2.37. The number of carbonyl (C=O) groups is 1. The van der Waals surface area contributed by atoms with Crippen LogP contribution in [-0.4, -0.2) is 41.0 Å². The van der Waals surface area contributed by atoms with Crippen molar-refractivity contribution < 1.29 is 24.1 Å². The van der Waals surface area contributed by atoms with Crippen molar-refractivity contribution >= 4 is 5.97 Å². The number of carboxylic acid groups (broad SMARTS) is 1. The Hall–Kier alpha value is -3.65. The molecular weight excluding hydrogens is 458 g/mol. The first-order valence-electron chi connectivity index (χ1n) is 12.5. The third-order valence-electron chi connectivity index (χ3n) is 6.79. The van der Waals surface area contributed by atoms with Crippen LogP contribution in [-0.2, 0) is 11.2 Å². The number of nitrogens with zero attached hydrogens (tertiary/aromatic N) is 2. The maximum Gasteiger partial charge on any atom is 0.303 e. The van der Waals surface area contributed by atoms with Gasteiger partial charge in [0, 0.05) is 17.8 Å². The molecule has 1 aliphatic carbocycles. The van der Waals surface area contributed by atoms with Crippen LogP contribution < -0.4 is 19.5 Å². The standard InChI is InChI=1S/C28H31N3O5/c1-2-23(24-10-12-30-28(31-24)20-6-9-25-26(15-20)36-17-35-25)29-11-3-13-34-21-7-8-22-18(14-21)4-5-19(22)16-27(32)33/h6-10,12,14-15,19,23,29H,2-5,11,13,16-17H2,1H3,(H,32,33)/t19-,23?/m0/s1. The maximum atomic E-state index is 11.1. The molecule has 3 aromatic rings. The molecule has 8 heteroatoms. The van der Waals surface area contributed by atoms with Crippen LogP contribution in [0, 0.1) is 0 Å². The summed E-state index contributed by atoms with van der Waals surface area (Å²) in [7, 11) is 0. The van der Waals surface area contributed by atoms with E-state index in [1.807, 2.05) is 36.4 Å². The molecule has 1 unspecified atom stereocenters. The number of ether oxygens (including phenoxy) is 3. The zero-order valence-electron chi connectivity index (χ0n) is 20.4. The number of rotatable bonds is 11. The predicted molar refractivity (Wildman–Crippen MR) is 134 cm³/mol. The highest BCUT2D eigenvalue weighted by atomic mass is 16.7. The molecule has 2 atom stereocenters. The van der Waals surface area contributed by atoms with Gasteiger partial charge in [0.25, 0.3) is 0 Å². The van der Waals surface area contributed by atoms with Gasteiger partial charge in [-0.05, 0) is 85.7 Å². The summed E-state index contributed by atoms with van der Waals surface area (Å²) in [5.74, 6) is 2.35. The fraction of sp³-hybridized carbons (Fsp3) is 0.393. The van der Waals surface area contributed by atoms with Crippen LogP contribution in [0.3, 0.4) is 0 Å². The molecule has 0 fully saturated rings. The van der Waals surface area contributed by atoms with E-state index >= 15 is 0 Å². The van der Waals surface area contributed by atoms with Crippen molar-refractivity contribution in [1.29, 1.82) is 0 Å². The fourth-order valence-corrected chi connectivity index (χ4v) is 4.93. The number of aliphatic carboxylic acids is 1. The van der Waals surface area contributed by atoms with Gasteiger partial charge in [-0.3, -0.25) is 4.79 Å². The summed E-state index contributed by atoms with van der Waals surface area (Å²) in [6.07, 6.45) is 5.56. The number of hydrogen-bond donors (Lipinski definition) is 2. The molecule has 2 N–H and O–H groups in total. The van der Waals surface area contributed by atoms with Crippen molar-refractivity contribution in [3.8, 4) is 28.6 Å². The van der Waals surface area contributed by atoms with Gasteiger partial charge in [0.15, 0.2) is 17.3 Å². The number of aromatic nitrogens is 2. The Morgan fingerprint density at radius 1 is 1.19 bits per heavy atom. The Morgan fingerprint density at radius 3 is 2.94 bits per heavy atom. The molecule has 8 nitrogen and oxygen atoms in total. The Kier molecular flexibility index (Phi) is 7.32. The molecule has 1 aromatic heterocycles. The van der Waals surface area contributed by atoms with Gasteiger partial charge in [0.1, 0.15) is 5.75 Å². The minimum absolute atomic E-state index is 0.118. The Balaban J connectivity index is 1.12. The minimum atomic E-state index is -0.739. The molecule has 0 amide bonds. The molecule has 0 radical (unpaired) electrons. The topological polar surface area (TPSA) is 103 Å². The number of aryl methyl sites for hydroxylation is 1. The van der Waals surface area contributed by atoms with E-state index in [9.17, 15) is 4.79 Å². The SMILES string of the molecule is CCC(NCCCOc1ccc2c(c1)CC[C@H]2CC(=O)O)c1ccnc(-c2ccc3c(c2)OCO3)n1. The Bertz CT molecular complexity index is 1230. The first-order chi connectivity index (χ1) is 17.6. The van der Waals surface area contributed by atoms with Gasteiger partial charge in [-0.15, -0.1) is 0 Å². The summed E-state index contributed by atoms with van der Waals surface area (Å²) in [5.41, 5.74) is 4.22. The molecule has 2 aliphatic rings. The second kappa shape index (κ2) is 11.0. The second-order valence-corrected chi connectivity index (χ2v) is 9.18. The highest BCUT2D eigenvalue weighted by Gasteiger charge is 2.25. The van der Waals surface area contributed by atoms with Gasteiger partial charge < -0.3 is 24.6 Å². The van der Waals surface area contributed by atoms with E-state index in [0.29, 0.717) is 12.4 Å². The van der Waals surface area contributed by atoms with E-state index in [-0.39, 0.29) is 25.2 Å². The van der Waals surface area contributed by atoms with Crippen molar-refractivity contribution in [2.75, 3.05) is 19.9 Å². The number of fused-ring (bicyclic) bond motifs is 2. The third-order valence-corrected chi connectivity index (χ3v) is 6.79. The van der Waals surface area contributed by atoms with Crippen LogP contribution in [0.1, 0.15) is 61.4 Å². The summed E-state index contributed by atoms with van der Waals surface area (Å²) < 4.78 is 16.9. The smallest absolute Gasteiger partial charge is 0.303 e. The molecule has 1 aliphatic heterocycles. The molecular formula is C28H31N3O5. The average Bonchev–Trinajstić information content (AvgIpc) is 3.52. The number of hydrogen-bond acceptors (Lipinski definition) is 7. The van der Waals surface area contributed by atoms with Crippen molar-refractivity contribution in [2.24, 2.45) is 0 Å². The van der Waals surface area contributed by atoms with E-state index in [2.05, 4.69) is 23.3 Å². The van der Waals surface area contributed by atoms with Crippen molar-refractivity contribution in [1.82, 2.24) is 15.3 Å². The van der Waals surface area contributed by atoms with Crippen LogP contribution >= 0.6 is 0 Å². The number of carboxylic acids is 1. The van der Waals surface area contributed by atoms with Crippen LogP contribution in [0.4, 0.5) is 0 Å². The third kappa shape index (κ3) is 5.44. The van der Waals surface area contributed by atoms with Crippen molar-refractivity contribution in [3.63, 3.8) is 0 Å². The number of nitrogens with one attached hydrogen (secondary N) is 1. The monoisotopic (exact) mass is 489 g/mol. The lowest BCUT2D eigenvalue weighted by Gasteiger charge is -2.17. The lowest BCUT2D eigenvalue weighted by molar-refractivity contribution is -0.137. The quantitative estimate of drug-likeness (QED) is 0.367. The molecule has 0 spiro atoms. The van der Waals surface area contributed by atoms with Crippen LogP contribution in [0.2, 0.25) is 0 Å². The van der Waals surface area contributed by atoms with E-state index < -0.39 is 5.97 Å². The summed E-state index contributed by atoms with van der Waals surface area (Å²) in [6, 6.07) is 13.9. The molecule has 2 heterocycles. The molecule has 2 aromatic carbocycles. The predicted octanol–water partition coefficient (Wildman–Crippen LogP) is 4.89. The molecule has 5 rings (SSSR count). The van der Waals surface area contributed by atoms with E-state index in [1.54, 1.807) is 6.20 Å². The van der Waals surface area contributed by atoms with Crippen LogP contribution in [0.15, 0.2) is 48.7 Å². The molecule has 0 bridgehead atoms. The normalized spacial score (nSPS) is 16.5. The highest BCUT2D eigenvalue weighted by molar-refractivity contribution is 5.68. The minimum Gasteiger partial charge on any atom is -0.494 e. The lowest BCUT2D eigenvalue weighted by Crippen LogP contribution is -2.24. The second-order valence-electron chi connectivity index (χ2n) is 9.18. The molecule has 0 saturated heterocycles. The van der Waals surface area contributed by atoms with Crippen molar-refractivity contribution in [2.45, 2.75) is 51.0 Å². The van der Waals surface area contributed by atoms with Crippen LogP contribution in [0.5, 0.6) is 17.2 Å². The first-order valence-corrected chi connectivity index (χ1v) is 12.5. The van der Waals surface area contributed by atoms with Crippen LogP contribution in [0.25, 0.3) is 11.4 Å².